The van der Waals surface area contributed by atoms with Crippen molar-refractivity contribution in [3.8, 4) is 6.07 Å². The van der Waals surface area contributed by atoms with E-state index in [4.69, 9.17) is 19.5 Å². The lowest BCUT2D eigenvalue weighted by atomic mass is 10.1. The summed E-state index contributed by atoms with van der Waals surface area (Å²) in [5.74, 6) is -0.274. The Bertz CT molecular complexity index is 1040. The Hall–Kier alpha value is -4.06. The maximum atomic E-state index is 12.9. The molecule has 0 N–H and O–H groups in total. The van der Waals surface area contributed by atoms with Crippen molar-refractivity contribution in [2.24, 2.45) is 0 Å². The SMILES string of the molecule is N#Cc1ccc(N2CC(C(=O)N3CCC(OC(=O)OCc4ccccc4)CC3)OC2=O)cc1. The predicted molar refractivity (Wildman–Crippen MR) is 116 cm³/mol. The van der Waals surface area contributed by atoms with Crippen LogP contribution in [0.1, 0.15) is 24.0 Å². The Morgan fingerprint density at radius 3 is 2.42 bits per heavy atom. The highest BCUT2D eigenvalue weighted by atomic mass is 16.7. The number of carbonyl (C=O) groups excluding carboxylic acids is 3. The molecule has 2 fully saturated rings. The van der Waals surface area contributed by atoms with Gasteiger partial charge >= 0.3 is 12.2 Å². The number of hydrogen-bond acceptors (Lipinski definition) is 7. The van der Waals surface area contributed by atoms with Gasteiger partial charge < -0.3 is 19.1 Å². The fourth-order valence-corrected chi connectivity index (χ4v) is 3.80. The molecule has 0 bridgehead atoms. The van der Waals surface area contributed by atoms with Gasteiger partial charge in [0.1, 0.15) is 12.7 Å². The molecular formula is C24H23N3O6. The second kappa shape index (κ2) is 10.0. The molecule has 170 valence electrons. The van der Waals surface area contributed by atoms with E-state index in [1.54, 1.807) is 29.2 Å². The summed E-state index contributed by atoms with van der Waals surface area (Å²) < 4.78 is 15.8. The fraction of sp³-hybridized carbons (Fsp3) is 0.333. The summed E-state index contributed by atoms with van der Waals surface area (Å²) in [5, 5.41) is 8.91. The van der Waals surface area contributed by atoms with Crippen LogP contribution in [0.25, 0.3) is 0 Å². The fourth-order valence-electron chi connectivity index (χ4n) is 3.80. The molecule has 0 spiro atoms. The van der Waals surface area contributed by atoms with Crippen molar-refractivity contribution in [3.05, 3.63) is 65.7 Å². The van der Waals surface area contributed by atoms with Crippen LogP contribution in [0.5, 0.6) is 0 Å². The van der Waals surface area contributed by atoms with E-state index < -0.39 is 18.4 Å². The maximum absolute atomic E-state index is 12.9. The van der Waals surface area contributed by atoms with Crippen LogP contribution in [0.15, 0.2) is 54.6 Å². The van der Waals surface area contributed by atoms with Gasteiger partial charge in [-0.15, -0.1) is 0 Å². The minimum atomic E-state index is -0.901. The van der Waals surface area contributed by atoms with Gasteiger partial charge in [-0.25, -0.2) is 9.59 Å². The van der Waals surface area contributed by atoms with Crippen LogP contribution in [0.4, 0.5) is 15.3 Å². The molecule has 2 aliphatic rings. The normalized spacial score (nSPS) is 18.4. The first kappa shape index (κ1) is 22.1. The Morgan fingerprint density at radius 1 is 1.06 bits per heavy atom. The third kappa shape index (κ3) is 5.41. The number of nitrogens with zero attached hydrogens (tertiary/aromatic N) is 3. The van der Waals surface area contributed by atoms with Gasteiger partial charge in [-0.05, 0) is 29.8 Å². The number of likely N-dealkylation sites (tertiary alicyclic amines) is 1. The molecule has 2 aliphatic heterocycles. The van der Waals surface area contributed by atoms with Crippen molar-refractivity contribution >= 4 is 23.8 Å². The molecular weight excluding hydrogens is 426 g/mol. The zero-order valence-electron chi connectivity index (χ0n) is 17.9. The number of ether oxygens (including phenoxy) is 3. The highest BCUT2D eigenvalue weighted by Gasteiger charge is 2.40. The van der Waals surface area contributed by atoms with Crippen molar-refractivity contribution in [1.29, 1.82) is 5.26 Å². The zero-order chi connectivity index (χ0) is 23.2. The van der Waals surface area contributed by atoms with Crippen LogP contribution >= 0.6 is 0 Å². The van der Waals surface area contributed by atoms with E-state index in [1.807, 2.05) is 36.4 Å². The minimum absolute atomic E-state index is 0.103. The van der Waals surface area contributed by atoms with Crippen LogP contribution in [0, 0.1) is 11.3 Å². The minimum Gasteiger partial charge on any atom is -0.434 e. The molecule has 1 unspecified atom stereocenters. The first-order valence-electron chi connectivity index (χ1n) is 10.7. The second-order valence-corrected chi connectivity index (χ2v) is 7.81. The van der Waals surface area contributed by atoms with Crippen LogP contribution < -0.4 is 4.90 Å². The van der Waals surface area contributed by atoms with E-state index in [9.17, 15) is 14.4 Å². The standard InChI is InChI=1S/C24H23N3O6/c25-14-17-6-8-19(9-7-17)27-15-21(33-23(27)29)22(28)26-12-10-20(11-13-26)32-24(30)31-16-18-4-2-1-3-5-18/h1-9,20-21H,10-13,15-16H2. The molecule has 4 rings (SSSR count). The number of hydrogen-bond donors (Lipinski definition) is 0. The molecule has 0 saturated carbocycles. The highest BCUT2D eigenvalue weighted by molar-refractivity contribution is 5.95. The molecule has 2 aromatic rings. The average molecular weight is 449 g/mol. The molecule has 0 aliphatic carbocycles. The van der Waals surface area contributed by atoms with E-state index in [1.165, 1.54) is 4.90 Å². The molecule has 2 saturated heterocycles. The summed E-state index contributed by atoms with van der Waals surface area (Å²) in [7, 11) is 0. The molecule has 9 heteroatoms. The largest absolute Gasteiger partial charge is 0.508 e. The molecule has 2 aromatic carbocycles. The van der Waals surface area contributed by atoms with E-state index in [2.05, 4.69) is 0 Å². The lowest BCUT2D eigenvalue weighted by Gasteiger charge is -2.32. The number of cyclic esters (lactones) is 1. The molecule has 2 heterocycles. The monoisotopic (exact) mass is 449 g/mol. The summed E-state index contributed by atoms with van der Waals surface area (Å²) in [4.78, 5) is 40.1. The van der Waals surface area contributed by atoms with E-state index in [0.717, 1.165) is 5.56 Å². The molecule has 1 atom stereocenters. The zero-order valence-corrected chi connectivity index (χ0v) is 17.9. The number of anilines is 1. The first-order chi connectivity index (χ1) is 16.0. The number of benzene rings is 2. The van der Waals surface area contributed by atoms with Crippen molar-refractivity contribution in [2.75, 3.05) is 24.5 Å². The summed E-state index contributed by atoms with van der Waals surface area (Å²) in [6.45, 7) is 1.02. The quantitative estimate of drug-likeness (QED) is 0.645. The number of rotatable bonds is 5. The van der Waals surface area contributed by atoms with E-state index in [0.29, 0.717) is 37.2 Å². The lowest BCUT2D eigenvalue weighted by Crippen LogP contribution is -2.46. The first-order valence-corrected chi connectivity index (χ1v) is 10.7. The van der Waals surface area contributed by atoms with E-state index >= 15 is 0 Å². The van der Waals surface area contributed by atoms with Gasteiger partial charge in [0, 0.05) is 31.6 Å². The van der Waals surface area contributed by atoms with Gasteiger partial charge in [-0.2, -0.15) is 5.26 Å². The molecule has 0 radical (unpaired) electrons. The number of carbonyl (C=O) groups is 3. The van der Waals surface area contributed by atoms with Gasteiger partial charge in [0.05, 0.1) is 18.2 Å². The highest BCUT2D eigenvalue weighted by Crippen LogP contribution is 2.24. The third-order valence-corrected chi connectivity index (χ3v) is 5.61. The van der Waals surface area contributed by atoms with Crippen molar-refractivity contribution < 1.29 is 28.6 Å². The van der Waals surface area contributed by atoms with Crippen LogP contribution in [0.3, 0.4) is 0 Å². The van der Waals surface area contributed by atoms with Crippen molar-refractivity contribution in [1.82, 2.24) is 4.90 Å². The molecule has 9 nitrogen and oxygen atoms in total. The number of amides is 2. The maximum Gasteiger partial charge on any atom is 0.508 e. The van der Waals surface area contributed by atoms with E-state index in [-0.39, 0.29) is 25.2 Å². The van der Waals surface area contributed by atoms with Gasteiger partial charge in [-0.3, -0.25) is 9.69 Å². The lowest BCUT2D eigenvalue weighted by molar-refractivity contribution is -0.140. The Balaban J connectivity index is 1.23. The Morgan fingerprint density at radius 2 is 1.76 bits per heavy atom. The Kier molecular flexibility index (Phi) is 6.74. The summed E-state index contributed by atoms with van der Waals surface area (Å²) >= 11 is 0. The molecule has 33 heavy (non-hydrogen) atoms. The summed E-state index contributed by atoms with van der Waals surface area (Å²) in [6.07, 6.45) is -1.61. The molecule has 2 amide bonds. The average Bonchev–Trinajstić information content (AvgIpc) is 3.25. The Labute approximate surface area is 191 Å². The number of piperidine rings is 1. The van der Waals surface area contributed by atoms with Crippen molar-refractivity contribution in [2.45, 2.75) is 31.7 Å². The third-order valence-electron chi connectivity index (χ3n) is 5.61. The van der Waals surface area contributed by atoms with Crippen LogP contribution in [0.2, 0.25) is 0 Å². The predicted octanol–water partition coefficient (Wildman–Crippen LogP) is 3.23. The van der Waals surface area contributed by atoms with Crippen molar-refractivity contribution in [3.63, 3.8) is 0 Å². The smallest absolute Gasteiger partial charge is 0.434 e. The number of nitriles is 1. The van der Waals surface area contributed by atoms with Gasteiger partial charge in [0.15, 0.2) is 6.10 Å². The van der Waals surface area contributed by atoms with Gasteiger partial charge in [-0.1, -0.05) is 30.3 Å². The van der Waals surface area contributed by atoms with Gasteiger partial charge in [0.25, 0.3) is 5.91 Å². The second-order valence-electron chi connectivity index (χ2n) is 7.81. The van der Waals surface area contributed by atoms with Crippen LogP contribution in [-0.4, -0.2) is 54.9 Å². The van der Waals surface area contributed by atoms with Gasteiger partial charge in [0.2, 0.25) is 0 Å². The summed E-state index contributed by atoms with van der Waals surface area (Å²) in [6, 6.07) is 17.8. The van der Waals surface area contributed by atoms with Crippen LogP contribution in [-0.2, 0) is 25.6 Å². The topological polar surface area (TPSA) is 109 Å². The molecule has 0 aromatic heterocycles. The summed E-state index contributed by atoms with van der Waals surface area (Å²) in [5.41, 5.74) is 1.92.